The highest BCUT2D eigenvalue weighted by atomic mass is 16.5. The Kier molecular flexibility index (Phi) is 6.39. The number of carbonyl (C=O) groups excluding carboxylic acids is 1. The second kappa shape index (κ2) is 8.73. The van der Waals surface area contributed by atoms with Gasteiger partial charge in [0.1, 0.15) is 0 Å². The van der Waals surface area contributed by atoms with Crippen LogP contribution in [0, 0.1) is 5.41 Å². The molecule has 132 valence electrons. The number of nitrogens with one attached hydrogen (secondary N) is 4. The predicted molar refractivity (Wildman–Crippen MR) is 104 cm³/mol. The summed E-state index contributed by atoms with van der Waals surface area (Å²) in [6.45, 7) is 2.88. The van der Waals surface area contributed by atoms with E-state index in [2.05, 4.69) is 22.9 Å². The first-order chi connectivity index (χ1) is 12.2. The molecule has 0 aliphatic heterocycles. The molecule has 0 unspecified atom stereocenters. The Morgan fingerprint density at radius 2 is 2.04 bits per heavy atom. The lowest BCUT2D eigenvalue weighted by atomic mass is 9.99. The maximum Gasteiger partial charge on any atom is 0.215 e. The number of benzene rings is 2. The molecule has 2 rings (SSSR count). The van der Waals surface area contributed by atoms with E-state index in [9.17, 15) is 4.79 Å². The SMILES string of the molecule is CCCNc1c(NC=O)cccc1-c1ccc(NC)c(C(=N)OC)c1. The normalized spacial score (nSPS) is 10.0. The molecule has 0 spiro atoms. The van der Waals surface area contributed by atoms with Crippen LogP contribution in [-0.4, -0.2) is 33.0 Å². The molecule has 0 fully saturated rings. The number of rotatable bonds is 8. The number of hydrogen-bond donors (Lipinski definition) is 4. The Morgan fingerprint density at radius 1 is 1.24 bits per heavy atom. The van der Waals surface area contributed by atoms with Crippen molar-refractivity contribution in [2.75, 3.05) is 36.7 Å². The van der Waals surface area contributed by atoms with E-state index in [-0.39, 0.29) is 5.90 Å². The monoisotopic (exact) mass is 340 g/mol. The van der Waals surface area contributed by atoms with E-state index in [1.54, 1.807) is 0 Å². The van der Waals surface area contributed by atoms with Crippen molar-refractivity contribution in [3.63, 3.8) is 0 Å². The summed E-state index contributed by atoms with van der Waals surface area (Å²) in [6, 6.07) is 11.6. The minimum absolute atomic E-state index is 0.0939. The zero-order chi connectivity index (χ0) is 18.2. The fourth-order valence-corrected chi connectivity index (χ4v) is 2.64. The fraction of sp³-hybridized carbons (Fsp3) is 0.263. The second-order valence-corrected chi connectivity index (χ2v) is 5.46. The first-order valence-electron chi connectivity index (χ1n) is 8.18. The average Bonchev–Trinajstić information content (AvgIpc) is 2.65. The van der Waals surface area contributed by atoms with Crippen molar-refractivity contribution >= 4 is 29.4 Å². The zero-order valence-electron chi connectivity index (χ0n) is 14.8. The molecule has 0 saturated heterocycles. The second-order valence-electron chi connectivity index (χ2n) is 5.46. The van der Waals surface area contributed by atoms with Crippen LogP contribution in [0.5, 0.6) is 0 Å². The smallest absolute Gasteiger partial charge is 0.215 e. The number of para-hydroxylation sites is 1. The minimum Gasteiger partial charge on any atom is -0.481 e. The minimum atomic E-state index is 0.0939. The Hall–Kier alpha value is -3.02. The molecule has 0 bridgehead atoms. The lowest BCUT2D eigenvalue weighted by Crippen LogP contribution is -2.08. The van der Waals surface area contributed by atoms with E-state index in [0.29, 0.717) is 12.0 Å². The highest BCUT2D eigenvalue weighted by Gasteiger charge is 2.14. The number of ether oxygens (including phenoxy) is 1. The molecule has 0 atom stereocenters. The van der Waals surface area contributed by atoms with Crippen LogP contribution in [0.2, 0.25) is 0 Å². The van der Waals surface area contributed by atoms with E-state index < -0.39 is 0 Å². The summed E-state index contributed by atoms with van der Waals surface area (Å²) in [6.07, 6.45) is 1.64. The molecule has 0 saturated carbocycles. The van der Waals surface area contributed by atoms with Gasteiger partial charge < -0.3 is 20.7 Å². The molecule has 0 aliphatic carbocycles. The van der Waals surface area contributed by atoms with Gasteiger partial charge in [0.2, 0.25) is 12.3 Å². The van der Waals surface area contributed by atoms with Gasteiger partial charge in [-0.2, -0.15) is 0 Å². The van der Waals surface area contributed by atoms with E-state index in [1.807, 2.05) is 43.4 Å². The third kappa shape index (κ3) is 4.09. The summed E-state index contributed by atoms with van der Waals surface area (Å²) < 4.78 is 5.10. The molecule has 0 heterocycles. The number of methoxy groups -OCH3 is 1. The first kappa shape index (κ1) is 18.3. The van der Waals surface area contributed by atoms with Gasteiger partial charge in [-0.3, -0.25) is 10.2 Å². The van der Waals surface area contributed by atoms with Crippen molar-refractivity contribution in [2.45, 2.75) is 13.3 Å². The summed E-state index contributed by atoms with van der Waals surface area (Å²) in [7, 11) is 3.29. The predicted octanol–water partition coefficient (Wildman–Crippen LogP) is 3.76. The van der Waals surface area contributed by atoms with Gasteiger partial charge in [0.15, 0.2) is 0 Å². The molecule has 0 radical (unpaired) electrons. The Bertz CT molecular complexity index is 759. The molecule has 0 aromatic heterocycles. The number of carbonyl (C=O) groups is 1. The standard InChI is InChI=1S/C19H24N4O2/c1-4-10-22-18-14(6-5-7-17(18)23-12-24)13-8-9-16(21-2)15(11-13)19(20)25-3/h5-9,11-12,20-22H,4,10H2,1-3H3,(H,23,24). The molecule has 6 nitrogen and oxygen atoms in total. The van der Waals surface area contributed by atoms with Crippen molar-refractivity contribution in [1.29, 1.82) is 5.41 Å². The third-order valence-corrected chi connectivity index (χ3v) is 3.88. The van der Waals surface area contributed by atoms with E-state index in [4.69, 9.17) is 10.1 Å². The topological polar surface area (TPSA) is 86.2 Å². The quantitative estimate of drug-likeness (QED) is 0.335. The largest absolute Gasteiger partial charge is 0.481 e. The third-order valence-electron chi connectivity index (χ3n) is 3.88. The van der Waals surface area contributed by atoms with E-state index >= 15 is 0 Å². The van der Waals surface area contributed by atoms with Crippen LogP contribution >= 0.6 is 0 Å². The van der Waals surface area contributed by atoms with Crippen LogP contribution < -0.4 is 16.0 Å². The van der Waals surface area contributed by atoms with Crippen LogP contribution in [-0.2, 0) is 9.53 Å². The molecular formula is C19H24N4O2. The lowest BCUT2D eigenvalue weighted by Gasteiger charge is -2.17. The highest BCUT2D eigenvalue weighted by molar-refractivity contribution is 6.00. The Morgan fingerprint density at radius 3 is 2.68 bits per heavy atom. The fourth-order valence-electron chi connectivity index (χ4n) is 2.64. The Balaban J connectivity index is 2.58. The Labute approximate surface area is 148 Å². The number of hydrogen-bond acceptors (Lipinski definition) is 5. The van der Waals surface area contributed by atoms with Crippen molar-refractivity contribution in [3.05, 3.63) is 42.0 Å². The molecular weight excluding hydrogens is 316 g/mol. The number of amides is 1. The zero-order valence-corrected chi connectivity index (χ0v) is 14.8. The number of anilines is 3. The van der Waals surface area contributed by atoms with Crippen LogP contribution in [0.25, 0.3) is 11.1 Å². The average molecular weight is 340 g/mol. The van der Waals surface area contributed by atoms with Gasteiger partial charge in [-0.25, -0.2) is 0 Å². The van der Waals surface area contributed by atoms with Gasteiger partial charge in [-0.05, 0) is 30.2 Å². The lowest BCUT2D eigenvalue weighted by molar-refractivity contribution is -0.105. The van der Waals surface area contributed by atoms with E-state index in [0.717, 1.165) is 41.2 Å². The molecule has 1 amide bonds. The van der Waals surface area contributed by atoms with Gasteiger partial charge >= 0.3 is 0 Å². The maximum atomic E-state index is 10.9. The molecule has 6 heteroatoms. The summed E-state index contributed by atoms with van der Waals surface area (Å²) in [4.78, 5) is 10.9. The first-order valence-corrected chi connectivity index (χ1v) is 8.18. The van der Waals surface area contributed by atoms with Gasteiger partial charge in [-0.15, -0.1) is 0 Å². The molecule has 2 aromatic carbocycles. The van der Waals surface area contributed by atoms with Crippen molar-refractivity contribution in [3.8, 4) is 11.1 Å². The molecule has 25 heavy (non-hydrogen) atoms. The van der Waals surface area contributed by atoms with Crippen LogP contribution in [0.3, 0.4) is 0 Å². The van der Waals surface area contributed by atoms with E-state index in [1.165, 1.54) is 7.11 Å². The summed E-state index contributed by atoms with van der Waals surface area (Å²) in [5.41, 5.74) is 4.97. The van der Waals surface area contributed by atoms with Crippen LogP contribution in [0.4, 0.5) is 17.1 Å². The van der Waals surface area contributed by atoms with Crippen LogP contribution in [0.15, 0.2) is 36.4 Å². The van der Waals surface area contributed by atoms with Gasteiger partial charge in [0.25, 0.3) is 0 Å². The molecule has 2 aromatic rings. The van der Waals surface area contributed by atoms with Gasteiger partial charge in [0.05, 0.1) is 24.0 Å². The van der Waals surface area contributed by atoms with Crippen molar-refractivity contribution < 1.29 is 9.53 Å². The van der Waals surface area contributed by atoms with Crippen molar-refractivity contribution in [1.82, 2.24) is 0 Å². The summed E-state index contributed by atoms with van der Waals surface area (Å²) >= 11 is 0. The van der Waals surface area contributed by atoms with Gasteiger partial charge in [-0.1, -0.05) is 25.1 Å². The molecule has 0 aliphatic rings. The highest BCUT2D eigenvalue weighted by Crippen LogP contribution is 2.36. The van der Waals surface area contributed by atoms with Crippen LogP contribution in [0.1, 0.15) is 18.9 Å². The van der Waals surface area contributed by atoms with Gasteiger partial charge in [0, 0.05) is 24.8 Å². The summed E-state index contributed by atoms with van der Waals surface area (Å²) in [5, 5.41) is 17.2. The van der Waals surface area contributed by atoms with Crippen molar-refractivity contribution in [2.24, 2.45) is 0 Å². The molecule has 4 N–H and O–H groups in total. The summed E-state index contributed by atoms with van der Waals surface area (Å²) in [5.74, 6) is 0.0939. The maximum absolute atomic E-state index is 10.9.